The van der Waals surface area contributed by atoms with Crippen molar-refractivity contribution >= 4 is 0 Å². The summed E-state index contributed by atoms with van der Waals surface area (Å²) in [6.07, 6.45) is 3.58. The van der Waals surface area contributed by atoms with Crippen molar-refractivity contribution in [1.82, 2.24) is 0 Å². The van der Waals surface area contributed by atoms with Gasteiger partial charge in [-0.05, 0) is 48.1 Å². The van der Waals surface area contributed by atoms with Crippen LogP contribution in [0.4, 0.5) is 0 Å². The van der Waals surface area contributed by atoms with E-state index in [1.807, 2.05) is 12.1 Å². The van der Waals surface area contributed by atoms with Crippen molar-refractivity contribution in [3.63, 3.8) is 0 Å². The summed E-state index contributed by atoms with van der Waals surface area (Å²) in [5, 5.41) is 0. The Kier molecular flexibility index (Phi) is 3.75. The molecular formula is C18H21NO. The van der Waals surface area contributed by atoms with Crippen molar-refractivity contribution in [1.29, 1.82) is 0 Å². The van der Waals surface area contributed by atoms with Crippen LogP contribution >= 0.6 is 0 Å². The highest BCUT2D eigenvalue weighted by atomic mass is 16.5. The lowest BCUT2D eigenvalue weighted by Gasteiger charge is -2.30. The van der Waals surface area contributed by atoms with Crippen molar-refractivity contribution in [2.45, 2.75) is 31.2 Å². The van der Waals surface area contributed by atoms with E-state index < -0.39 is 0 Å². The highest BCUT2D eigenvalue weighted by Gasteiger charge is 2.26. The first kappa shape index (κ1) is 13.2. The number of aryl methyl sites for hydroxylation is 1. The zero-order valence-electron chi connectivity index (χ0n) is 11.9. The van der Waals surface area contributed by atoms with Gasteiger partial charge in [0.15, 0.2) is 0 Å². The molecule has 2 aromatic carbocycles. The Morgan fingerprint density at radius 2 is 1.85 bits per heavy atom. The first-order valence-electron chi connectivity index (χ1n) is 7.27. The summed E-state index contributed by atoms with van der Waals surface area (Å²) in [7, 11) is 1.69. The maximum Gasteiger partial charge on any atom is 0.118 e. The fourth-order valence-corrected chi connectivity index (χ4v) is 3.22. The summed E-state index contributed by atoms with van der Waals surface area (Å²) in [6, 6.07) is 16.9. The lowest BCUT2D eigenvalue weighted by atomic mass is 9.77. The quantitative estimate of drug-likeness (QED) is 0.917. The smallest absolute Gasteiger partial charge is 0.118 e. The third-order valence-corrected chi connectivity index (χ3v) is 4.35. The highest BCUT2D eigenvalue weighted by molar-refractivity contribution is 5.37. The van der Waals surface area contributed by atoms with Gasteiger partial charge in [-0.2, -0.15) is 0 Å². The van der Waals surface area contributed by atoms with Gasteiger partial charge in [0.05, 0.1) is 7.11 Å². The molecule has 0 heterocycles. The summed E-state index contributed by atoms with van der Waals surface area (Å²) in [6.45, 7) is 0. The highest BCUT2D eigenvalue weighted by Crippen LogP contribution is 2.39. The van der Waals surface area contributed by atoms with E-state index in [1.165, 1.54) is 36.0 Å². The second-order valence-corrected chi connectivity index (χ2v) is 5.50. The molecule has 2 unspecified atom stereocenters. The van der Waals surface area contributed by atoms with E-state index in [0.717, 1.165) is 5.75 Å². The Hall–Kier alpha value is -1.80. The van der Waals surface area contributed by atoms with Gasteiger partial charge >= 0.3 is 0 Å². The van der Waals surface area contributed by atoms with Gasteiger partial charge in [0.2, 0.25) is 0 Å². The predicted octanol–water partition coefficient (Wildman–Crippen LogP) is 3.82. The second-order valence-electron chi connectivity index (χ2n) is 5.50. The minimum Gasteiger partial charge on any atom is -0.497 e. The standard InChI is InChI=1S/C18H21NO/c1-20-15-11-9-14(10-12-15)18(19)17-8-4-6-13-5-2-3-7-16(13)17/h2-3,5,7,9-12,17-18H,4,6,8,19H2,1H3. The van der Waals surface area contributed by atoms with Crippen LogP contribution in [-0.2, 0) is 6.42 Å². The number of hydrogen-bond donors (Lipinski definition) is 1. The molecule has 0 saturated heterocycles. The third kappa shape index (κ3) is 2.44. The fourth-order valence-electron chi connectivity index (χ4n) is 3.22. The van der Waals surface area contributed by atoms with E-state index in [-0.39, 0.29) is 6.04 Å². The van der Waals surface area contributed by atoms with E-state index in [1.54, 1.807) is 7.11 Å². The zero-order chi connectivity index (χ0) is 13.9. The van der Waals surface area contributed by atoms with E-state index >= 15 is 0 Å². The van der Waals surface area contributed by atoms with Crippen LogP contribution < -0.4 is 10.5 Å². The minimum atomic E-state index is 0.0577. The first-order valence-corrected chi connectivity index (χ1v) is 7.27. The summed E-state index contributed by atoms with van der Waals surface area (Å²) in [5.74, 6) is 1.30. The van der Waals surface area contributed by atoms with Crippen LogP contribution in [0.3, 0.4) is 0 Å². The molecule has 0 radical (unpaired) electrons. The Balaban J connectivity index is 1.89. The van der Waals surface area contributed by atoms with Crippen molar-refractivity contribution in [2.24, 2.45) is 5.73 Å². The molecule has 2 nitrogen and oxygen atoms in total. The number of hydrogen-bond acceptors (Lipinski definition) is 2. The summed E-state index contributed by atoms with van der Waals surface area (Å²) in [5.41, 5.74) is 10.6. The van der Waals surface area contributed by atoms with E-state index in [2.05, 4.69) is 36.4 Å². The molecule has 0 amide bonds. The molecule has 1 aliphatic carbocycles. The molecule has 0 aliphatic heterocycles. The zero-order valence-corrected chi connectivity index (χ0v) is 11.9. The van der Waals surface area contributed by atoms with Crippen molar-refractivity contribution < 1.29 is 4.74 Å². The number of nitrogens with two attached hydrogens (primary N) is 1. The minimum absolute atomic E-state index is 0.0577. The predicted molar refractivity (Wildman–Crippen MR) is 82.0 cm³/mol. The molecule has 0 fully saturated rings. The Bertz CT molecular complexity index is 576. The Labute approximate surface area is 120 Å². The molecule has 0 bridgehead atoms. The molecule has 20 heavy (non-hydrogen) atoms. The molecule has 1 aliphatic rings. The molecule has 0 saturated carbocycles. The van der Waals surface area contributed by atoms with Gasteiger partial charge in [-0.15, -0.1) is 0 Å². The van der Waals surface area contributed by atoms with Gasteiger partial charge < -0.3 is 10.5 Å². The van der Waals surface area contributed by atoms with Gasteiger partial charge in [0.1, 0.15) is 5.75 Å². The van der Waals surface area contributed by atoms with Crippen LogP contribution in [0, 0.1) is 0 Å². The van der Waals surface area contributed by atoms with Crippen LogP contribution in [0.2, 0.25) is 0 Å². The average Bonchev–Trinajstić information content (AvgIpc) is 2.54. The normalized spacial score (nSPS) is 19.2. The fraction of sp³-hybridized carbons (Fsp3) is 0.333. The van der Waals surface area contributed by atoms with Crippen LogP contribution in [-0.4, -0.2) is 7.11 Å². The molecule has 2 heteroatoms. The van der Waals surface area contributed by atoms with Crippen molar-refractivity contribution in [3.05, 3.63) is 65.2 Å². The Morgan fingerprint density at radius 1 is 1.10 bits per heavy atom. The SMILES string of the molecule is COc1ccc(C(N)C2CCCc3ccccc32)cc1. The molecule has 3 rings (SSSR count). The summed E-state index contributed by atoms with van der Waals surface area (Å²) in [4.78, 5) is 0. The van der Waals surface area contributed by atoms with E-state index in [4.69, 9.17) is 10.5 Å². The molecule has 0 aromatic heterocycles. The second kappa shape index (κ2) is 5.68. The largest absolute Gasteiger partial charge is 0.497 e. The van der Waals surface area contributed by atoms with Crippen molar-refractivity contribution in [2.75, 3.05) is 7.11 Å². The molecule has 2 N–H and O–H groups in total. The lowest BCUT2D eigenvalue weighted by Crippen LogP contribution is -2.23. The van der Waals surface area contributed by atoms with Crippen LogP contribution in [0.5, 0.6) is 5.75 Å². The van der Waals surface area contributed by atoms with Crippen LogP contribution in [0.1, 0.15) is 41.5 Å². The number of fused-ring (bicyclic) bond motifs is 1. The summed E-state index contributed by atoms with van der Waals surface area (Å²) >= 11 is 0. The van der Waals surface area contributed by atoms with Crippen LogP contribution in [0.25, 0.3) is 0 Å². The van der Waals surface area contributed by atoms with Gasteiger partial charge in [-0.3, -0.25) is 0 Å². The molecular weight excluding hydrogens is 246 g/mol. The first-order chi connectivity index (χ1) is 9.79. The van der Waals surface area contributed by atoms with E-state index in [0.29, 0.717) is 5.92 Å². The maximum atomic E-state index is 6.54. The van der Waals surface area contributed by atoms with Gasteiger partial charge in [-0.1, -0.05) is 36.4 Å². The molecule has 2 atom stereocenters. The van der Waals surface area contributed by atoms with Crippen molar-refractivity contribution in [3.8, 4) is 5.75 Å². The van der Waals surface area contributed by atoms with E-state index in [9.17, 15) is 0 Å². The maximum absolute atomic E-state index is 6.54. The van der Waals surface area contributed by atoms with Gasteiger partial charge in [0.25, 0.3) is 0 Å². The number of methoxy groups -OCH3 is 1. The average molecular weight is 267 g/mol. The lowest BCUT2D eigenvalue weighted by molar-refractivity contribution is 0.414. The monoisotopic (exact) mass is 267 g/mol. The van der Waals surface area contributed by atoms with Gasteiger partial charge in [0, 0.05) is 12.0 Å². The van der Waals surface area contributed by atoms with Gasteiger partial charge in [-0.25, -0.2) is 0 Å². The topological polar surface area (TPSA) is 35.2 Å². The number of rotatable bonds is 3. The summed E-state index contributed by atoms with van der Waals surface area (Å²) < 4.78 is 5.21. The third-order valence-electron chi connectivity index (χ3n) is 4.35. The molecule has 104 valence electrons. The molecule has 2 aromatic rings. The molecule has 0 spiro atoms. The number of benzene rings is 2. The number of ether oxygens (including phenoxy) is 1. The Morgan fingerprint density at radius 3 is 2.60 bits per heavy atom. The van der Waals surface area contributed by atoms with Crippen LogP contribution in [0.15, 0.2) is 48.5 Å².